The van der Waals surface area contributed by atoms with Gasteiger partial charge in [0, 0.05) is 43.7 Å². The number of nitrogen functional groups attached to an aromatic ring is 1. The Bertz CT molecular complexity index is 2290. The Kier molecular flexibility index (Phi) is 9.99. The summed E-state index contributed by atoms with van der Waals surface area (Å²) in [4.78, 5) is 21.5. The molecule has 6 aromatic carbocycles. The summed E-state index contributed by atoms with van der Waals surface area (Å²) in [6.45, 7) is 2.19. The average Bonchev–Trinajstić information content (AvgIpc) is 3.53. The molecule has 0 aliphatic rings. The van der Waals surface area contributed by atoms with Crippen molar-refractivity contribution < 1.29 is 4.79 Å². The zero-order valence-electron chi connectivity index (χ0n) is 28.6. The maximum atomic E-state index is 14.4. The van der Waals surface area contributed by atoms with E-state index in [0.717, 1.165) is 70.3 Å². The second-order valence-electron chi connectivity index (χ2n) is 13.1. The molecule has 0 radical (unpaired) electrons. The van der Waals surface area contributed by atoms with Crippen LogP contribution in [-0.4, -0.2) is 26.2 Å². The van der Waals surface area contributed by atoms with Crippen molar-refractivity contribution in [2.24, 2.45) is 11.5 Å². The van der Waals surface area contributed by atoms with Gasteiger partial charge in [0.15, 0.2) is 0 Å². The summed E-state index contributed by atoms with van der Waals surface area (Å²) in [5.41, 5.74) is 20.3. The minimum Gasteiger partial charge on any atom is -0.384 e. The van der Waals surface area contributed by atoms with Crippen LogP contribution < -0.4 is 11.5 Å². The summed E-state index contributed by atoms with van der Waals surface area (Å²) in [7, 11) is 0. The fraction of sp³-hybridized carbons (Fsp3) is 0.159. The maximum absolute atomic E-state index is 14.4. The van der Waals surface area contributed by atoms with E-state index in [9.17, 15) is 4.79 Å². The summed E-state index contributed by atoms with van der Waals surface area (Å²) in [5, 5.41) is 10.0. The van der Waals surface area contributed by atoms with Gasteiger partial charge < -0.3 is 20.9 Å². The zero-order valence-corrected chi connectivity index (χ0v) is 28.6. The number of amides is 1. The number of nitrogens with one attached hydrogen (secondary N) is 1. The molecule has 7 nitrogen and oxygen atoms in total. The minimum atomic E-state index is -0.0427. The Morgan fingerprint density at radius 2 is 1.25 bits per heavy atom. The van der Waals surface area contributed by atoms with Gasteiger partial charge in [0.05, 0.1) is 11.0 Å². The predicted molar refractivity (Wildman–Crippen MR) is 207 cm³/mol. The number of carbonyl (C=O) groups excluding carboxylic acids is 1. The highest BCUT2D eigenvalue weighted by Gasteiger charge is 2.20. The first-order valence-corrected chi connectivity index (χ1v) is 17.4. The van der Waals surface area contributed by atoms with Gasteiger partial charge in [0.2, 0.25) is 0 Å². The molecule has 1 amide bonds. The van der Waals surface area contributed by atoms with E-state index in [4.69, 9.17) is 21.9 Å². The van der Waals surface area contributed by atoms with Crippen LogP contribution in [0.15, 0.2) is 140 Å². The highest BCUT2D eigenvalue weighted by Crippen LogP contribution is 2.24. The van der Waals surface area contributed by atoms with Crippen molar-refractivity contribution in [3.63, 3.8) is 0 Å². The molecule has 0 bridgehead atoms. The van der Waals surface area contributed by atoms with Crippen LogP contribution in [-0.2, 0) is 45.4 Å². The number of carbonyl (C=O) groups is 1. The number of benzene rings is 6. The van der Waals surface area contributed by atoms with E-state index in [1.54, 1.807) is 0 Å². The molecule has 7 aromatic rings. The quantitative estimate of drug-likeness (QED) is 0.0858. The first-order valence-electron chi connectivity index (χ1n) is 17.4. The molecule has 7 rings (SSSR count). The Balaban J connectivity index is 1.20. The molecule has 0 saturated carbocycles. The number of nitrogens with zero attached hydrogens (tertiary/aromatic N) is 3. The lowest BCUT2D eigenvalue weighted by atomic mass is 10.1. The molecule has 0 atom stereocenters. The van der Waals surface area contributed by atoms with E-state index in [0.29, 0.717) is 30.8 Å². The molecule has 254 valence electrons. The fourth-order valence-corrected chi connectivity index (χ4v) is 6.69. The average molecular weight is 671 g/mol. The van der Waals surface area contributed by atoms with Crippen LogP contribution in [0.4, 0.5) is 0 Å². The lowest BCUT2D eigenvalue weighted by Crippen LogP contribution is -2.30. The first kappa shape index (κ1) is 33.4. The van der Waals surface area contributed by atoms with Crippen LogP contribution in [0.1, 0.15) is 49.6 Å². The Hall–Kier alpha value is -6.05. The van der Waals surface area contributed by atoms with Crippen molar-refractivity contribution in [1.29, 1.82) is 5.41 Å². The molecular weight excluding hydrogens is 629 g/mol. The number of hydrogen-bond acceptors (Lipinski definition) is 4. The van der Waals surface area contributed by atoms with Gasteiger partial charge in [0.1, 0.15) is 11.7 Å². The van der Waals surface area contributed by atoms with E-state index in [-0.39, 0.29) is 11.7 Å². The van der Waals surface area contributed by atoms with E-state index < -0.39 is 0 Å². The highest BCUT2D eigenvalue weighted by molar-refractivity contribution is 5.97. The van der Waals surface area contributed by atoms with Gasteiger partial charge in [-0.1, -0.05) is 115 Å². The Labute approximate surface area is 298 Å². The third kappa shape index (κ3) is 7.90. The van der Waals surface area contributed by atoms with Crippen LogP contribution in [0.25, 0.3) is 21.8 Å². The van der Waals surface area contributed by atoms with Crippen molar-refractivity contribution in [3.8, 4) is 0 Å². The third-order valence-corrected chi connectivity index (χ3v) is 9.55. The molecular formula is C44H42N6O. The number of hydrogen-bond donors (Lipinski definition) is 3. The monoisotopic (exact) mass is 670 g/mol. The molecule has 1 heterocycles. The Morgan fingerprint density at radius 1 is 0.627 bits per heavy atom. The number of amidine groups is 1. The van der Waals surface area contributed by atoms with Gasteiger partial charge in [-0.3, -0.25) is 10.2 Å². The van der Waals surface area contributed by atoms with Crippen molar-refractivity contribution in [2.75, 3.05) is 0 Å². The molecule has 1 aromatic heterocycles. The number of aromatic nitrogens is 2. The first-order chi connectivity index (χ1) is 24.9. The van der Waals surface area contributed by atoms with Gasteiger partial charge in [-0.05, 0) is 75.7 Å². The molecule has 5 N–H and O–H groups in total. The lowest BCUT2D eigenvalue weighted by molar-refractivity contribution is 0.0730. The van der Waals surface area contributed by atoms with Gasteiger partial charge in [-0.2, -0.15) is 0 Å². The van der Waals surface area contributed by atoms with Crippen LogP contribution in [0, 0.1) is 5.41 Å². The molecule has 0 saturated heterocycles. The number of imidazole rings is 1. The standard InChI is InChI=1S/C44H42N6O/c45-28-33-10-12-34(13-11-33)29-49(30-35-16-18-36-8-4-5-9-38(36)26-35)44(51)39-21-22-41-40(27-39)48-42(50(41)25-24-31-6-2-1-3-7-31)23-17-32-14-19-37(20-15-32)43(46)47/h1-16,18-22,26-27H,17,23-25,28-30,45H2,(H3,46,47). The van der Waals surface area contributed by atoms with Crippen LogP contribution in [0.5, 0.6) is 0 Å². The van der Waals surface area contributed by atoms with Crippen molar-refractivity contribution in [1.82, 2.24) is 14.5 Å². The lowest BCUT2D eigenvalue weighted by Gasteiger charge is -2.24. The van der Waals surface area contributed by atoms with E-state index >= 15 is 0 Å². The molecule has 0 aliphatic carbocycles. The summed E-state index contributed by atoms with van der Waals surface area (Å²) in [6, 6.07) is 47.1. The molecule has 51 heavy (non-hydrogen) atoms. The summed E-state index contributed by atoms with van der Waals surface area (Å²) >= 11 is 0. The topological polar surface area (TPSA) is 114 Å². The second kappa shape index (κ2) is 15.2. The second-order valence-corrected chi connectivity index (χ2v) is 13.1. The van der Waals surface area contributed by atoms with Gasteiger partial charge >= 0.3 is 0 Å². The van der Waals surface area contributed by atoms with Crippen molar-refractivity contribution >= 4 is 33.5 Å². The van der Waals surface area contributed by atoms with Gasteiger partial charge in [-0.15, -0.1) is 0 Å². The van der Waals surface area contributed by atoms with Gasteiger partial charge in [0.25, 0.3) is 5.91 Å². The van der Waals surface area contributed by atoms with Gasteiger partial charge in [-0.25, -0.2) is 4.98 Å². The summed E-state index contributed by atoms with van der Waals surface area (Å²) < 4.78 is 2.30. The molecule has 0 fully saturated rings. The van der Waals surface area contributed by atoms with E-state index in [1.165, 1.54) is 10.9 Å². The smallest absolute Gasteiger partial charge is 0.254 e. The van der Waals surface area contributed by atoms with Crippen LogP contribution in [0.2, 0.25) is 0 Å². The summed E-state index contributed by atoms with van der Waals surface area (Å²) in [5.74, 6) is 1.00. The number of rotatable bonds is 13. The maximum Gasteiger partial charge on any atom is 0.254 e. The summed E-state index contributed by atoms with van der Waals surface area (Å²) in [6.07, 6.45) is 2.40. The number of fused-ring (bicyclic) bond motifs is 2. The fourth-order valence-electron chi connectivity index (χ4n) is 6.69. The Morgan fingerprint density at radius 3 is 2.00 bits per heavy atom. The zero-order chi connectivity index (χ0) is 35.2. The molecule has 0 spiro atoms. The van der Waals surface area contributed by atoms with Crippen LogP contribution >= 0.6 is 0 Å². The van der Waals surface area contributed by atoms with Crippen molar-refractivity contribution in [3.05, 3.63) is 184 Å². The van der Waals surface area contributed by atoms with E-state index in [1.807, 2.05) is 71.6 Å². The van der Waals surface area contributed by atoms with E-state index in [2.05, 4.69) is 77.4 Å². The van der Waals surface area contributed by atoms with Crippen molar-refractivity contribution in [2.45, 2.75) is 45.4 Å². The highest BCUT2D eigenvalue weighted by atomic mass is 16.2. The molecule has 0 unspecified atom stereocenters. The normalized spacial score (nSPS) is 11.2. The van der Waals surface area contributed by atoms with Crippen LogP contribution in [0.3, 0.4) is 0 Å². The predicted octanol–water partition coefficient (Wildman–Crippen LogP) is 7.80. The minimum absolute atomic E-state index is 0.0427. The SMILES string of the molecule is N=C(N)c1ccc(CCc2nc3cc(C(=O)N(Cc4ccc(CN)cc4)Cc4ccc5ccccc5c4)ccc3n2CCc2ccccc2)cc1. The number of nitrogens with two attached hydrogens (primary N) is 2. The largest absolute Gasteiger partial charge is 0.384 e. The molecule has 7 heteroatoms. The molecule has 0 aliphatic heterocycles. The number of aryl methyl sites for hydroxylation is 4. The third-order valence-electron chi connectivity index (χ3n) is 9.55.